The lowest BCUT2D eigenvalue weighted by molar-refractivity contribution is 0.367. The maximum absolute atomic E-state index is 13.7. The van der Waals surface area contributed by atoms with E-state index in [1.807, 2.05) is 11.5 Å². The second-order valence-corrected chi connectivity index (χ2v) is 6.17. The van der Waals surface area contributed by atoms with Crippen LogP contribution in [-0.2, 0) is 6.54 Å². The second kappa shape index (κ2) is 5.38. The van der Waals surface area contributed by atoms with Gasteiger partial charge in [-0.3, -0.25) is 0 Å². The number of aromatic nitrogens is 4. The number of aryl methyl sites for hydroxylation is 1. The van der Waals surface area contributed by atoms with Crippen molar-refractivity contribution < 1.29 is 8.91 Å². The smallest absolute Gasteiger partial charge is 0.246 e. The molecule has 0 bridgehead atoms. The maximum Gasteiger partial charge on any atom is 0.246 e. The molecule has 5 nitrogen and oxygen atoms in total. The van der Waals surface area contributed by atoms with Crippen LogP contribution >= 0.6 is 27.5 Å². The zero-order chi connectivity index (χ0) is 15.1. The van der Waals surface area contributed by atoms with Crippen LogP contribution in [0.3, 0.4) is 0 Å². The lowest BCUT2D eigenvalue weighted by atomic mass is 10.3. The third-order valence-electron chi connectivity index (χ3n) is 3.04. The summed E-state index contributed by atoms with van der Waals surface area (Å²) in [6, 6.07) is 3.04. The molecule has 21 heavy (non-hydrogen) atoms. The van der Waals surface area contributed by atoms with Crippen molar-refractivity contribution >= 4 is 38.6 Å². The predicted octanol–water partition coefficient (Wildman–Crippen LogP) is 3.98. The van der Waals surface area contributed by atoms with Gasteiger partial charge in [-0.05, 0) is 35.8 Å². The molecule has 1 atom stereocenters. The van der Waals surface area contributed by atoms with Gasteiger partial charge < -0.3 is 9.09 Å². The molecule has 0 aliphatic heterocycles. The minimum absolute atomic E-state index is 0.330. The average Bonchev–Trinajstić information content (AvgIpc) is 2.96. The monoisotopic (exact) mass is 372 g/mol. The lowest BCUT2D eigenvalue weighted by Crippen LogP contribution is -2.06. The Kier molecular flexibility index (Phi) is 3.71. The maximum atomic E-state index is 13.7. The van der Waals surface area contributed by atoms with Crippen LogP contribution in [0.1, 0.15) is 29.8 Å². The third kappa shape index (κ3) is 2.67. The van der Waals surface area contributed by atoms with E-state index in [2.05, 4.69) is 31.1 Å². The van der Waals surface area contributed by atoms with Gasteiger partial charge in [0.15, 0.2) is 5.82 Å². The molecular formula is C13H11BrClFN4O. The number of halogens is 3. The van der Waals surface area contributed by atoms with Crippen LogP contribution in [-0.4, -0.2) is 19.7 Å². The van der Waals surface area contributed by atoms with E-state index >= 15 is 0 Å². The minimum atomic E-state index is -0.366. The van der Waals surface area contributed by atoms with Crippen LogP contribution < -0.4 is 0 Å². The largest absolute Gasteiger partial charge is 0.337 e. The Labute approximate surface area is 133 Å². The summed E-state index contributed by atoms with van der Waals surface area (Å²) in [7, 11) is 0. The van der Waals surface area contributed by atoms with Gasteiger partial charge in [0.05, 0.1) is 20.9 Å². The summed E-state index contributed by atoms with van der Waals surface area (Å²) in [5, 5.41) is 3.43. The highest BCUT2D eigenvalue weighted by Gasteiger charge is 2.18. The molecule has 3 rings (SSSR count). The summed E-state index contributed by atoms with van der Waals surface area (Å²) in [5.74, 6) is 1.27. The van der Waals surface area contributed by atoms with E-state index in [1.165, 1.54) is 6.07 Å². The molecule has 2 aromatic heterocycles. The van der Waals surface area contributed by atoms with Crippen LogP contribution in [0, 0.1) is 12.7 Å². The number of benzene rings is 1. The molecule has 110 valence electrons. The van der Waals surface area contributed by atoms with E-state index in [9.17, 15) is 4.39 Å². The van der Waals surface area contributed by atoms with Gasteiger partial charge >= 0.3 is 0 Å². The first-order chi connectivity index (χ1) is 9.95. The first-order valence-corrected chi connectivity index (χ1v) is 7.47. The summed E-state index contributed by atoms with van der Waals surface area (Å²) in [6.45, 7) is 3.89. The molecule has 0 amide bonds. The highest BCUT2D eigenvalue weighted by molar-refractivity contribution is 9.10. The number of alkyl halides is 1. The van der Waals surface area contributed by atoms with Crippen molar-refractivity contribution in [1.29, 1.82) is 0 Å². The number of hydrogen-bond acceptors (Lipinski definition) is 4. The van der Waals surface area contributed by atoms with Crippen molar-refractivity contribution in [3.05, 3.63) is 40.0 Å². The topological polar surface area (TPSA) is 56.7 Å². The molecule has 0 aliphatic rings. The molecule has 0 N–H and O–H groups in total. The van der Waals surface area contributed by atoms with E-state index in [-0.39, 0.29) is 11.2 Å². The van der Waals surface area contributed by atoms with Gasteiger partial charge in [-0.15, -0.1) is 11.6 Å². The Hall–Kier alpha value is -1.47. The second-order valence-electron chi connectivity index (χ2n) is 4.66. The fourth-order valence-corrected chi connectivity index (χ4v) is 2.65. The zero-order valence-corrected chi connectivity index (χ0v) is 13.6. The van der Waals surface area contributed by atoms with E-state index in [0.29, 0.717) is 34.1 Å². The Morgan fingerprint density at radius 1 is 1.43 bits per heavy atom. The minimum Gasteiger partial charge on any atom is -0.337 e. The number of imidazole rings is 1. The normalized spacial score (nSPS) is 13.0. The van der Waals surface area contributed by atoms with E-state index in [0.717, 1.165) is 5.52 Å². The van der Waals surface area contributed by atoms with Crippen LogP contribution in [0.25, 0.3) is 11.0 Å². The molecule has 2 heterocycles. The lowest BCUT2D eigenvalue weighted by Gasteiger charge is -2.08. The summed E-state index contributed by atoms with van der Waals surface area (Å²) < 4.78 is 21.0. The molecule has 1 aromatic carbocycles. The van der Waals surface area contributed by atoms with E-state index in [1.54, 1.807) is 13.0 Å². The molecule has 0 saturated heterocycles. The SMILES string of the molecule is Cc1noc(Cn2c(C(C)Cl)nc3cc(F)c(Br)cc32)n1. The third-order valence-corrected chi connectivity index (χ3v) is 3.84. The summed E-state index contributed by atoms with van der Waals surface area (Å²) in [4.78, 5) is 8.57. The van der Waals surface area contributed by atoms with Gasteiger partial charge in [-0.25, -0.2) is 9.37 Å². The van der Waals surface area contributed by atoms with Crippen molar-refractivity contribution in [2.75, 3.05) is 0 Å². The first-order valence-electron chi connectivity index (χ1n) is 6.24. The fraction of sp³-hybridized carbons (Fsp3) is 0.308. The molecular weight excluding hydrogens is 363 g/mol. The van der Waals surface area contributed by atoms with Crippen LogP contribution in [0.2, 0.25) is 0 Å². The molecule has 0 spiro atoms. The van der Waals surface area contributed by atoms with E-state index < -0.39 is 0 Å². The number of nitrogens with zero attached hydrogens (tertiary/aromatic N) is 4. The van der Waals surface area contributed by atoms with Gasteiger partial charge in [-0.2, -0.15) is 4.98 Å². The Bertz CT molecular complexity index is 814. The highest BCUT2D eigenvalue weighted by atomic mass is 79.9. The Morgan fingerprint density at radius 2 is 2.19 bits per heavy atom. The highest BCUT2D eigenvalue weighted by Crippen LogP contribution is 2.29. The van der Waals surface area contributed by atoms with Crippen molar-refractivity contribution in [2.45, 2.75) is 25.8 Å². The number of rotatable bonds is 3. The Balaban J connectivity index is 2.17. The molecule has 0 saturated carbocycles. The summed E-state index contributed by atoms with van der Waals surface area (Å²) in [6.07, 6.45) is 0. The quantitative estimate of drug-likeness (QED) is 0.652. The zero-order valence-electron chi connectivity index (χ0n) is 11.3. The molecule has 3 aromatic rings. The fourth-order valence-electron chi connectivity index (χ4n) is 2.15. The van der Waals surface area contributed by atoms with Gasteiger partial charge in [0.2, 0.25) is 5.89 Å². The summed E-state index contributed by atoms with van der Waals surface area (Å²) in [5.41, 5.74) is 1.29. The molecule has 0 radical (unpaired) electrons. The van der Waals surface area contributed by atoms with Crippen LogP contribution in [0.5, 0.6) is 0 Å². The van der Waals surface area contributed by atoms with Crippen molar-refractivity contribution in [2.24, 2.45) is 0 Å². The standard InChI is InChI=1S/C13H11BrClFN4O/c1-6(15)13-18-10-4-9(16)8(14)3-11(10)20(13)5-12-17-7(2)19-21-12/h3-4,6H,5H2,1-2H3. The van der Waals surface area contributed by atoms with Gasteiger partial charge in [0.1, 0.15) is 18.2 Å². The van der Waals surface area contributed by atoms with Crippen LogP contribution in [0.4, 0.5) is 4.39 Å². The molecule has 8 heteroatoms. The van der Waals surface area contributed by atoms with Crippen molar-refractivity contribution in [1.82, 2.24) is 19.7 Å². The molecule has 1 unspecified atom stereocenters. The predicted molar refractivity (Wildman–Crippen MR) is 79.8 cm³/mol. The molecule has 0 fully saturated rings. The van der Waals surface area contributed by atoms with Crippen molar-refractivity contribution in [3.8, 4) is 0 Å². The Morgan fingerprint density at radius 3 is 2.81 bits per heavy atom. The van der Waals surface area contributed by atoms with Crippen LogP contribution in [0.15, 0.2) is 21.1 Å². The number of fused-ring (bicyclic) bond motifs is 1. The van der Waals surface area contributed by atoms with E-state index in [4.69, 9.17) is 16.1 Å². The molecule has 0 aliphatic carbocycles. The van der Waals surface area contributed by atoms with Gasteiger partial charge in [0, 0.05) is 6.07 Å². The first kappa shape index (κ1) is 14.5. The van der Waals surface area contributed by atoms with Gasteiger partial charge in [0.25, 0.3) is 0 Å². The van der Waals surface area contributed by atoms with Crippen molar-refractivity contribution in [3.63, 3.8) is 0 Å². The summed E-state index contributed by atoms with van der Waals surface area (Å²) >= 11 is 9.36. The average molecular weight is 374 g/mol. The number of hydrogen-bond donors (Lipinski definition) is 0. The van der Waals surface area contributed by atoms with Gasteiger partial charge in [-0.1, -0.05) is 5.16 Å².